The molecule has 0 atom stereocenters. The Hall–Kier alpha value is -3.00. The first-order valence-electron chi connectivity index (χ1n) is 8.70. The van der Waals surface area contributed by atoms with Crippen LogP contribution in [0.25, 0.3) is 11.5 Å². The van der Waals surface area contributed by atoms with Crippen molar-refractivity contribution in [2.75, 3.05) is 11.4 Å². The molecule has 138 valence electrons. The van der Waals surface area contributed by atoms with Gasteiger partial charge in [-0.1, -0.05) is 6.07 Å². The van der Waals surface area contributed by atoms with Crippen LogP contribution in [0.1, 0.15) is 34.7 Å². The number of hydrogen-bond acceptors (Lipinski definition) is 6. The predicted molar refractivity (Wildman–Crippen MR) is 102 cm³/mol. The SMILES string of the molecule is NC(=O)c1cccc2c1CCCN2C(=O)CCc1nnc(-c2ccsc2)o1. The molecule has 1 aliphatic heterocycles. The Morgan fingerprint density at radius 1 is 1.26 bits per heavy atom. The summed E-state index contributed by atoms with van der Waals surface area (Å²) in [6, 6.07) is 7.24. The summed E-state index contributed by atoms with van der Waals surface area (Å²) in [6.07, 6.45) is 2.17. The van der Waals surface area contributed by atoms with E-state index in [0.717, 1.165) is 29.7 Å². The van der Waals surface area contributed by atoms with Gasteiger partial charge in [-0.3, -0.25) is 9.59 Å². The first-order chi connectivity index (χ1) is 13.1. The topological polar surface area (TPSA) is 102 Å². The molecule has 27 heavy (non-hydrogen) atoms. The van der Waals surface area contributed by atoms with Gasteiger partial charge in [0.05, 0.1) is 0 Å². The monoisotopic (exact) mass is 382 g/mol. The summed E-state index contributed by atoms with van der Waals surface area (Å²) in [5.41, 5.74) is 8.46. The molecule has 8 heteroatoms. The number of aryl methyl sites for hydroxylation is 1. The number of rotatable bonds is 5. The average Bonchev–Trinajstić information content (AvgIpc) is 3.36. The highest BCUT2D eigenvalue weighted by Crippen LogP contribution is 2.30. The third-order valence-corrected chi connectivity index (χ3v) is 5.29. The van der Waals surface area contributed by atoms with Gasteiger partial charge in [-0.2, -0.15) is 11.3 Å². The maximum absolute atomic E-state index is 12.8. The summed E-state index contributed by atoms with van der Waals surface area (Å²) in [6.45, 7) is 0.623. The fourth-order valence-corrected chi connectivity index (χ4v) is 3.95. The zero-order chi connectivity index (χ0) is 18.8. The predicted octanol–water partition coefficient (Wildman–Crippen LogP) is 2.81. The summed E-state index contributed by atoms with van der Waals surface area (Å²) in [4.78, 5) is 26.1. The Balaban J connectivity index is 1.47. The number of primary amides is 1. The van der Waals surface area contributed by atoms with Gasteiger partial charge in [0.15, 0.2) is 0 Å². The number of carbonyl (C=O) groups is 2. The molecule has 0 bridgehead atoms. The number of aromatic nitrogens is 2. The summed E-state index contributed by atoms with van der Waals surface area (Å²) < 4.78 is 5.64. The summed E-state index contributed by atoms with van der Waals surface area (Å²) in [5, 5.41) is 11.9. The second-order valence-corrected chi connectivity index (χ2v) is 7.11. The first-order valence-corrected chi connectivity index (χ1v) is 9.65. The lowest BCUT2D eigenvalue weighted by Gasteiger charge is -2.30. The van der Waals surface area contributed by atoms with Crippen LogP contribution in [0, 0.1) is 0 Å². The standard InChI is InChI=1S/C19H18N4O3S/c20-18(25)14-3-1-5-15-13(14)4-2-9-23(15)17(24)7-6-16-21-22-19(26-16)12-8-10-27-11-12/h1,3,5,8,10-11H,2,4,6-7,9H2,(H2,20,25). The van der Waals surface area contributed by atoms with E-state index in [1.807, 2.05) is 22.9 Å². The van der Waals surface area contributed by atoms with E-state index in [2.05, 4.69) is 10.2 Å². The van der Waals surface area contributed by atoms with Gasteiger partial charge in [-0.05, 0) is 42.0 Å². The largest absolute Gasteiger partial charge is 0.421 e. The minimum absolute atomic E-state index is 0.0344. The molecular weight excluding hydrogens is 364 g/mol. The molecule has 2 amide bonds. The number of hydrogen-bond donors (Lipinski definition) is 1. The van der Waals surface area contributed by atoms with Gasteiger partial charge in [0, 0.05) is 41.6 Å². The Kier molecular flexibility index (Phi) is 4.72. The van der Waals surface area contributed by atoms with Crippen LogP contribution in [-0.4, -0.2) is 28.6 Å². The average molecular weight is 382 g/mol. The number of nitrogens with two attached hydrogens (primary N) is 1. The molecule has 0 unspecified atom stereocenters. The summed E-state index contributed by atoms with van der Waals surface area (Å²) >= 11 is 1.56. The van der Waals surface area contributed by atoms with Crippen molar-refractivity contribution in [3.63, 3.8) is 0 Å². The van der Waals surface area contributed by atoms with Gasteiger partial charge in [-0.15, -0.1) is 10.2 Å². The minimum atomic E-state index is -0.465. The number of fused-ring (bicyclic) bond motifs is 1. The third-order valence-electron chi connectivity index (χ3n) is 4.60. The third kappa shape index (κ3) is 3.48. The van der Waals surface area contributed by atoms with Crippen molar-refractivity contribution in [3.8, 4) is 11.5 Å². The maximum Gasteiger partial charge on any atom is 0.249 e. The van der Waals surface area contributed by atoms with E-state index in [4.69, 9.17) is 10.2 Å². The molecule has 2 aromatic heterocycles. The molecule has 0 spiro atoms. The van der Waals surface area contributed by atoms with Crippen LogP contribution >= 0.6 is 11.3 Å². The Morgan fingerprint density at radius 2 is 2.15 bits per heavy atom. The molecule has 3 heterocycles. The molecule has 0 saturated carbocycles. The fraction of sp³-hybridized carbons (Fsp3) is 0.263. The van der Waals surface area contributed by atoms with Crippen LogP contribution in [0.3, 0.4) is 0 Å². The Labute approximate surface area is 159 Å². The van der Waals surface area contributed by atoms with Crippen LogP contribution in [-0.2, 0) is 17.6 Å². The van der Waals surface area contributed by atoms with Crippen LogP contribution in [0.4, 0.5) is 5.69 Å². The molecule has 1 aromatic carbocycles. The van der Waals surface area contributed by atoms with Crippen molar-refractivity contribution in [3.05, 3.63) is 52.0 Å². The van der Waals surface area contributed by atoms with Gasteiger partial charge >= 0.3 is 0 Å². The van der Waals surface area contributed by atoms with E-state index < -0.39 is 5.91 Å². The second kappa shape index (κ2) is 7.32. The molecule has 7 nitrogen and oxygen atoms in total. The molecule has 0 aliphatic carbocycles. The van der Waals surface area contributed by atoms with Crippen molar-refractivity contribution in [2.24, 2.45) is 5.73 Å². The van der Waals surface area contributed by atoms with Crippen molar-refractivity contribution >= 4 is 28.8 Å². The van der Waals surface area contributed by atoms with E-state index in [-0.39, 0.29) is 12.3 Å². The van der Waals surface area contributed by atoms with Crippen LogP contribution in [0.2, 0.25) is 0 Å². The van der Waals surface area contributed by atoms with Gasteiger partial charge in [0.25, 0.3) is 0 Å². The molecule has 0 fully saturated rings. The first kappa shape index (κ1) is 17.4. The normalized spacial score (nSPS) is 13.4. The number of thiophene rings is 1. The lowest BCUT2D eigenvalue weighted by atomic mass is 9.95. The Morgan fingerprint density at radius 3 is 2.93 bits per heavy atom. The van der Waals surface area contributed by atoms with Gasteiger partial charge in [0.2, 0.25) is 23.6 Å². The van der Waals surface area contributed by atoms with Crippen molar-refractivity contribution < 1.29 is 14.0 Å². The highest BCUT2D eigenvalue weighted by molar-refractivity contribution is 7.08. The number of amides is 2. The van der Waals surface area contributed by atoms with Crippen molar-refractivity contribution in [2.45, 2.75) is 25.7 Å². The second-order valence-electron chi connectivity index (χ2n) is 6.33. The van der Waals surface area contributed by atoms with E-state index in [1.54, 1.807) is 28.4 Å². The van der Waals surface area contributed by atoms with Crippen LogP contribution < -0.4 is 10.6 Å². The molecule has 0 radical (unpaired) electrons. The van der Waals surface area contributed by atoms with Crippen molar-refractivity contribution in [1.29, 1.82) is 0 Å². The summed E-state index contributed by atoms with van der Waals surface area (Å²) in [7, 11) is 0. The molecule has 3 aromatic rings. The lowest BCUT2D eigenvalue weighted by Crippen LogP contribution is -2.36. The zero-order valence-corrected chi connectivity index (χ0v) is 15.4. The van der Waals surface area contributed by atoms with Crippen molar-refractivity contribution in [1.82, 2.24) is 10.2 Å². The highest BCUT2D eigenvalue weighted by atomic mass is 32.1. The van der Waals surface area contributed by atoms with Crippen LogP contribution in [0.5, 0.6) is 0 Å². The molecule has 4 rings (SSSR count). The van der Waals surface area contributed by atoms with Gasteiger partial charge < -0.3 is 15.1 Å². The quantitative estimate of drug-likeness (QED) is 0.731. The van der Waals surface area contributed by atoms with E-state index in [1.165, 1.54) is 0 Å². The van der Waals surface area contributed by atoms with E-state index in [9.17, 15) is 9.59 Å². The van der Waals surface area contributed by atoms with Gasteiger partial charge in [-0.25, -0.2) is 0 Å². The molecule has 0 saturated heterocycles. The lowest BCUT2D eigenvalue weighted by molar-refractivity contribution is -0.118. The van der Waals surface area contributed by atoms with E-state index >= 15 is 0 Å². The maximum atomic E-state index is 12.8. The smallest absolute Gasteiger partial charge is 0.249 e. The van der Waals surface area contributed by atoms with Crippen LogP contribution in [0.15, 0.2) is 39.4 Å². The zero-order valence-electron chi connectivity index (χ0n) is 14.6. The van der Waals surface area contributed by atoms with Gasteiger partial charge in [0.1, 0.15) is 0 Å². The number of nitrogens with zero attached hydrogens (tertiary/aromatic N) is 3. The Bertz CT molecular complexity index is 981. The number of anilines is 1. The molecule has 2 N–H and O–H groups in total. The molecule has 1 aliphatic rings. The van der Waals surface area contributed by atoms with E-state index in [0.29, 0.717) is 30.3 Å². The summed E-state index contributed by atoms with van der Waals surface area (Å²) in [5.74, 6) is 0.404. The minimum Gasteiger partial charge on any atom is -0.421 e. The molecular formula is C19H18N4O3S. The highest BCUT2D eigenvalue weighted by Gasteiger charge is 2.25. The fourth-order valence-electron chi connectivity index (χ4n) is 3.32. The number of carbonyl (C=O) groups excluding carboxylic acids is 2. The number of benzene rings is 1.